The number of esters is 1. The summed E-state index contributed by atoms with van der Waals surface area (Å²) in [6.07, 6.45) is 0. The van der Waals surface area contributed by atoms with Gasteiger partial charge in [-0.1, -0.05) is 17.4 Å². The van der Waals surface area contributed by atoms with Crippen molar-refractivity contribution < 1.29 is 43.2 Å². The van der Waals surface area contributed by atoms with Crippen LogP contribution < -0.4 is 23.8 Å². The van der Waals surface area contributed by atoms with Crippen molar-refractivity contribution in [2.75, 3.05) is 38.9 Å². The molecule has 40 heavy (non-hydrogen) atoms. The highest BCUT2D eigenvalue weighted by Gasteiger charge is 2.48. The first-order chi connectivity index (χ1) is 19.3. The van der Waals surface area contributed by atoms with Gasteiger partial charge in [0.2, 0.25) is 0 Å². The van der Waals surface area contributed by atoms with Gasteiger partial charge in [0, 0.05) is 5.56 Å². The molecule has 0 spiro atoms. The van der Waals surface area contributed by atoms with E-state index in [4.69, 9.17) is 23.7 Å². The Morgan fingerprint density at radius 2 is 1.80 bits per heavy atom. The molecule has 5 rings (SSSR count). The molecule has 0 bridgehead atoms. The fourth-order valence-corrected chi connectivity index (χ4v) is 5.57. The van der Waals surface area contributed by atoms with Gasteiger partial charge in [0.1, 0.15) is 23.9 Å². The number of ether oxygens (including phenoxy) is 5. The normalized spacial score (nSPS) is 17.6. The van der Waals surface area contributed by atoms with E-state index in [1.807, 2.05) is 0 Å². The van der Waals surface area contributed by atoms with E-state index in [2.05, 4.69) is 4.98 Å². The standard InChI is InChI=1S/C28H26N2O9S/c1-5-37-27(34)25-14(2)29-28(40-25)30-22(15-6-8-17(35-3)19(12-15)36-4)21(24(32)26(30)33)23(31)16-7-9-18-20(13-16)39-11-10-38-18/h6-9,12-13,22,31H,5,10-11H2,1-4H3/t22-/m1/s1. The lowest BCUT2D eigenvalue weighted by Crippen LogP contribution is -2.29. The number of ketones is 1. The molecule has 2 aliphatic rings. The topological polar surface area (TPSA) is 134 Å². The third-order valence-electron chi connectivity index (χ3n) is 6.44. The molecule has 1 N–H and O–H groups in total. The number of aliphatic hydroxyl groups excluding tert-OH is 1. The first-order valence-corrected chi connectivity index (χ1v) is 13.2. The maximum absolute atomic E-state index is 13.5. The molecule has 3 heterocycles. The van der Waals surface area contributed by atoms with Crippen LogP contribution in [0.4, 0.5) is 5.13 Å². The average molecular weight is 567 g/mol. The summed E-state index contributed by atoms with van der Waals surface area (Å²) in [6, 6.07) is 8.56. The second-order valence-electron chi connectivity index (χ2n) is 8.77. The lowest BCUT2D eigenvalue weighted by Gasteiger charge is -2.24. The van der Waals surface area contributed by atoms with Crippen LogP contribution in [-0.4, -0.2) is 61.8 Å². The predicted octanol–water partition coefficient (Wildman–Crippen LogP) is 4.04. The van der Waals surface area contributed by atoms with Crippen LogP contribution >= 0.6 is 11.3 Å². The molecular formula is C28H26N2O9S. The number of Topliss-reactive ketones (excluding diaryl/α,β-unsaturated/α-hetero) is 1. The first kappa shape index (κ1) is 27.0. The van der Waals surface area contributed by atoms with Gasteiger partial charge in [-0.25, -0.2) is 9.78 Å². The number of thiazole rings is 1. The van der Waals surface area contributed by atoms with Gasteiger partial charge in [-0.05, 0) is 49.7 Å². The Morgan fingerprint density at radius 3 is 2.50 bits per heavy atom. The van der Waals surface area contributed by atoms with Gasteiger partial charge in [0.05, 0.1) is 38.1 Å². The largest absolute Gasteiger partial charge is 0.507 e. The summed E-state index contributed by atoms with van der Waals surface area (Å²) in [5.41, 5.74) is 0.884. The minimum absolute atomic E-state index is 0.101. The smallest absolute Gasteiger partial charge is 0.350 e. The van der Waals surface area contributed by atoms with Crippen molar-refractivity contribution in [1.82, 2.24) is 4.98 Å². The van der Waals surface area contributed by atoms with Crippen LogP contribution in [0.25, 0.3) is 5.76 Å². The summed E-state index contributed by atoms with van der Waals surface area (Å²) in [7, 11) is 2.95. The second kappa shape index (κ2) is 10.9. The molecule has 1 amide bonds. The van der Waals surface area contributed by atoms with Crippen molar-refractivity contribution >= 4 is 39.9 Å². The molecule has 3 aromatic rings. The van der Waals surface area contributed by atoms with Crippen LogP contribution in [0.3, 0.4) is 0 Å². The number of carbonyl (C=O) groups is 3. The number of aromatic nitrogens is 1. The second-order valence-corrected chi connectivity index (χ2v) is 9.75. The van der Waals surface area contributed by atoms with E-state index in [1.165, 1.54) is 19.1 Å². The molecule has 208 valence electrons. The molecule has 0 unspecified atom stereocenters. The summed E-state index contributed by atoms with van der Waals surface area (Å²) < 4.78 is 27.1. The molecule has 1 aromatic heterocycles. The molecule has 11 nitrogen and oxygen atoms in total. The molecule has 12 heteroatoms. The Kier molecular flexibility index (Phi) is 7.35. The minimum Gasteiger partial charge on any atom is -0.507 e. The van der Waals surface area contributed by atoms with Gasteiger partial charge in [0.25, 0.3) is 5.78 Å². The number of aliphatic hydroxyl groups is 1. The Labute approximate surface area is 233 Å². The summed E-state index contributed by atoms with van der Waals surface area (Å²) in [4.78, 5) is 45.4. The predicted molar refractivity (Wildman–Crippen MR) is 145 cm³/mol. The van der Waals surface area contributed by atoms with E-state index in [9.17, 15) is 19.5 Å². The zero-order valence-corrected chi connectivity index (χ0v) is 23.0. The lowest BCUT2D eigenvalue weighted by molar-refractivity contribution is -0.132. The number of carbonyl (C=O) groups excluding carboxylic acids is 3. The Hall–Kier alpha value is -4.58. The SMILES string of the molecule is CCOC(=O)c1sc(N2C(=O)C(=O)C(=C(O)c3ccc4c(c3)OCCO4)[C@H]2c2ccc(OC)c(OC)c2)nc1C. The number of anilines is 1. The number of methoxy groups -OCH3 is 2. The highest BCUT2D eigenvalue weighted by Crippen LogP contribution is 2.46. The van der Waals surface area contributed by atoms with Gasteiger partial charge >= 0.3 is 11.9 Å². The minimum atomic E-state index is -1.10. The van der Waals surface area contributed by atoms with E-state index in [1.54, 1.807) is 50.2 Å². The van der Waals surface area contributed by atoms with Crippen LogP contribution in [0.1, 0.15) is 39.5 Å². The number of nitrogens with zero attached hydrogens (tertiary/aromatic N) is 2. The highest BCUT2D eigenvalue weighted by molar-refractivity contribution is 7.17. The summed E-state index contributed by atoms with van der Waals surface area (Å²) >= 11 is 0.925. The van der Waals surface area contributed by atoms with Gasteiger partial charge in [0.15, 0.2) is 28.1 Å². The van der Waals surface area contributed by atoms with Crippen LogP contribution in [-0.2, 0) is 14.3 Å². The van der Waals surface area contributed by atoms with Crippen molar-refractivity contribution in [3.63, 3.8) is 0 Å². The van der Waals surface area contributed by atoms with Gasteiger partial charge in [-0.2, -0.15) is 0 Å². The number of hydrogen-bond donors (Lipinski definition) is 1. The van der Waals surface area contributed by atoms with Gasteiger partial charge in [-0.15, -0.1) is 0 Å². The molecule has 1 saturated heterocycles. The van der Waals surface area contributed by atoms with Crippen molar-refractivity contribution in [2.45, 2.75) is 19.9 Å². The molecule has 0 radical (unpaired) electrons. The summed E-state index contributed by atoms with van der Waals surface area (Å²) in [5, 5.41) is 11.6. The number of benzene rings is 2. The zero-order chi connectivity index (χ0) is 28.6. The molecule has 0 saturated carbocycles. The number of fused-ring (bicyclic) bond motifs is 1. The lowest BCUT2D eigenvalue weighted by atomic mass is 9.95. The molecule has 0 aliphatic carbocycles. The van der Waals surface area contributed by atoms with Crippen molar-refractivity contribution in [2.24, 2.45) is 0 Å². The third-order valence-corrected chi connectivity index (χ3v) is 7.57. The van der Waals surface area contributed by atoms with Crippen LogP contribution in [0.15, 0.2) is 42.0 Å². The van der Waals surface area contributed by atoms with Gasteiger partial charge in [-0.3, -0.25) is 14.5 Å². The summed E-state index contributed by atoms with van der Waals surface area (Å²) in [6.45, 7) is 4.19. The number of amides is 1. The van der Waals surface area contributed by atoms with E-state index in [-0.39, 0.29) is 27.8 Å². The highest BCUT2D eigenvalue weighted by atomic mass is 32.1. The monoisotopic (exact) mass is 566 g/mol. The van der Waals surface area contributed by atoms with E-state index in [0.29, 0.717) is 47.5 Å². The van der Waals surface area contributed by atoms with E-state index in [0.717, 1.165) is 11.3 Å². The van der Waals surface area contributed by atoms with E-state index >= 15 is 0 Å². The van der Waals surface area contributed by atoms with Crippen LogP contribution in [0.5, 0.6) is 23.0 Å². The van der Waals surface area contributed by atoms with Gasteiger partial charge < -0.3 is 28.8 Å². The van der Waals surface area contributed by atoms with Crippen molar-refractivity contribution in [3.8, 4) is 23.0 Å². The quantitative estimate of drug-likeness (QED) is 0.193. The maximum atomic E-state index is 13.5. The molecular weight excluding hydrogens is 540 g/mol. The number of aryl methyl sites for hydroxylation is 1. The third kappa shape index (κ3) is 4.60. The number of hydrogen-bond acceptors (Lipinski definition) is 11. The number of rotatable bonds is 7. The fraction of sp³-hybridized carbons (Fsp3) is 0.286. The molecule has 1 fully saturated rings. The van der Waals surface area contributed by atoms with Crippen molar-refractivity contribution in [1.29, 1.82) is 0 Å². The molecule has 2 aromatic carbocycles. The van der Waals surface area contributed by atoms with E-state index < -0.39 is 29.5 Å². The molecule has 2 aliphatic heterocycles. The summed E-state index contributed by atoms with van der Waals surface area (Å²) in [5.74, 6) is -1.13. The average Bonchev–Trinajstić information content (AvgIpc) is 3.48. The Balaban J connectivity index is 1.70. The Morgan fingerprint density at radius 1 is 1.07 bits per heavy atom. The molecule has 1 atom stereocenters. The zero-order valence-electron chi connectivity index (χ0n) is 22.2. The first-order valence-electron chi connectivity index (χ1n) is 12.4. The van der Waals surface area contributed by atoms with Crippen molar-refractivity contribution in [3.05, 3.63) is 63.7 Å². The van der Waals surface area contributed by atoms with Crippen LogP contribution in [0, 0.1) is 6.92 Å². The van der Waals surface area contributed by atoms with Crippen LogP contribution in [0.2, 0.25) is 0 Å². The fourth-order valence-electron chi connectivity index (χ4n) is 4.59. The maximum Gasteiger partial charge on any atom is 0.350 e. The Bertz CT molecular complexity index is 1540.